The van der Waals surface area contributed by atoms with Crippen molar-refractivity contribution in [2.24, 2.45) is 5.92 Å². The first-order chi connectivity index (χ1) is 16.4. The van der Waals surface area contributed by atoms with Gasteiger partial charge in [-0.2, -0.15) is 0 Å². The number of H-pyrrole nitrogens is 1. The summed E-state index contributed by atoms with van der Waals surface area (Å²) in [6.07, 6.45) is 9.16. The van der Waals surface area contributed by atoms with E-state index in [0.717, 1.165) is 52.4 Å². The Morgan fingerprint density at radius 1 is 1.12 bits per heavy atom. The van der Waals surface area contributed by atoms with Crippen molar-refractivity contribution < 1.29 is 14.4 Å². The number of aromatic nitrogens is 3. The molecule has 0 saturated heterocycles. The SMILES string of the molecule is CCCC(=O)c1cnc(Sc2cnc(CC(=O)Cc3ccc(C)cc3C(=O)C3CCCC3)s2)[nH]1. The highest BCUT2D eigenvalue weighted by molar-refractivity contribution is 8.01. The van der Waals surface area contributed by atoms with E-state index in [4.69, 9.17) is 0 Å². The predicted molar refractivity (Wildman–Crippen MR) is 134 cm³/mol. The van der Waals surface area contributed by atoms with Gasteiger partial charge in [-0.05, 0) is 49.6 Å². The van der Waals surface area contributed by atoms with Gasteiger partial charge in [-0.25, -0.2) is 9.97 Å². The Balaban J connectivity index is 1.38. The van der Waals surface area contributed by atoms with Gasteiger partial charge in [0, 0.05) is 24.3 Å². The highest BCUT2D eigenvalue weighted by atomic mass is 32.2. The molecule has 178 valence electrons. The van der Waals surface area contributed by atoms with Crippen LogP contribution in [0.5, 0.6) is 0 Å². The van der Waals surface area contributed by atoms with Crippen molar-refractivity contribution in [1.29, 1.82) is 0 Å². The first kappa shape index (κ1) is 24.5. The molecular weight excluding hydrogens is 466 g/mol. The molecule has 2 heterocycles. The summed E-state index contributed by atoms with van der Waals surface area (Å²) in [5.74, 6) is 0.376. The Morgan fingerprint density at radius 2 is 1.91 bits per heavy atom. The number of rotatable bonds is 11. The first-order valence-electron chi connectivity index (χ1n) is 11.8. The summed E-state index contributed by atoms with van der Waals surface area (Å²) in [6.45, 7) is 3.95. The second-order valence-corrected chi connectivity index (χ2v) is 11.3. The molecule has 3 aromatic rings. The van der Waals surface area contributed by atoms with E-state index in [1.165, 1.54) is 23.1 Å². The van der Waals surface area contributed by atoms with Gasteiger partial charge in [0.05, 0.1) is 23.0 Å². The summed E-state index contributed by atoms with van der Waals surface area (Å²) in [4.78, 5) is 49.7. The maximum atomic E-state index is 13.1. The molecule has 1 fully saturated rings. The zero-order valence-electron chi connectivity index (χ0n) is 19.6. The molecule has 1 N–H and O–H groups in total. The first-order valence-corrected chi connectivity index (χ1v) is 13.4. The van der Waals surface area contributed by atoms with E-state index in [0.29, 0.717) is 22.8 Å². The van der Waals surface area contributed by atoms with E-state index in [-0.39, 0.29) is 36.1 Å². The molecule has 1 aliphatic carbocycles. The van der Waals surface area contributed by atoms with Gasteiger partial charge in [-0.3, -0.25) is 14.4 Å². The minimum absolute atomic E-state index is 0.0423. The van der Waals surface area contributed by atoms with E-state index in [9.17, 15) is 14.4 Å². The molecule has 0 atom stereocenters. The Kier molecular flexibility index (Phi) is 8.11. The van der Waals surface area contributed by atoms with Crippen molar-refractivity contribution >= 4 is 40.4 Å². The lowest BCUT2D eigenvalue weighted by Gasteiger charge is -2.13. The van der Waals surface area contributed by atoms with E-state index in [2.05, 4.69) is 15.0 Å². The zero-order chi connectivity index (χ0) is 24.1. The third kappa shape index (κ3) is 6.10. The fraction of sp³-hybridized carbons (Fsp3) is 0.423. The molecule has 8 heteroatoms. The molecule has 0 bridgehead atoms. The van der Waals surface area contributed by atoms with Crippen molar-refractivity contribution in [2.75, 3.05) is 0 Å². The maximum absolute atomic E-state index is 13.1. The smallest absolute Gasteiger partial charge is 0.180 e. The molecule has 0 radical (unpaired) electrons. The van der Waals surface area contributed by atoms with E-state index < -0.39 is 0 Å². The second-order valence-electron chi connectivity index (χ2n) is 8.85. The molecule has 0 spiro atoms. The summed E-state index contributed by atoms with van der Waals surface area (Å²) >= 11 is 2.85. The van der Waals surface area contributed by atoms with Crippen LogP contribution in [-0.4, -0.2) is 32.3 Å². The molecule has 0 unspecified atom stereocenters. The Labute approximate surface area is 208 Å². The van der Waals surface area contributed by atoms with Crippen LogP contribution in [0.1, 0.15) is 82.4 Å². The molecule has 0 aliphatic heterocycles. The topological polar surface area (TPSA) is 92.8 Å². The van der Waals surface area contributed by atoms with Crippen molar-refractivity contribution in [3.8, 4) is 0 Å². The summed E-state index contributed by atoms with van der Waals surface area (Å²) in [5.41, 5.74) is 3.09. The lowest BCUT2D eigenvalue weighted by atomic mass is 9.90. The van der Waals surface area contributed by atoms with Crippen LogP contribution in [0.25, 0.3) is 0 Å². The number of nitrogens with one attached hydrogen (secondary N) is 1. The molecular formula is C26H29N3O3S2. The molecule has 4 rings (SSSR count). The monoisotopic (exact) mass is 495 g/mol. The lowest BCUT2D eigenvalue weighted by Crippen LogP contribution is -2.16. The van der Waals surface area contributed by atoms with Crippen LogP contribution in [0.2, 0.25) is 0 Å². The predicted octanol–water partition coefficient (Wildman–Crippen LogP) is 6.04. The van der Waals surface area contributed by atoms with Crippen molar-refractivity contribution in [1.82, 2.24) is 15.0 Å². The normalized spacial score (nSPS) is 13.9. The standard InChI is InChI=1S/C26H29N3O3S2/c1-3-6-22(31)21-14-28-26(29-21)34-24-15-27-23(33-24)13-19(30)12-18-10-9-16(2)11-20(18)25(32)17-7-4-5-8-17/h9-11,14-15,17H,3-8,12-13H2,1-2H3,(H,28,29). The van der Waals surface area contributed by atoms with Gasteiger partial charge in [0.2, 0.25) is 0 Å². The number of Topliss-reactive ketones (excluding diaryl/α,β-unsaturated/α-hetero) is 3. The van der Waals surface area contributed by atoms with E-state index >= 15 is 0 Å². The minimum Gasteiger partial charge on any atom is -0.330 e. The van der Waals surface area contributed by atoms with Gasteiger partial charge < -0.3 is 4.98 Å². The highest BCUT2D eigenvalue weighted by Crippen LogP contribution is 2.32. The molecule has 1 aromatic carbocycles. The fourth-order valence-corrected chi connectivity index (χ4v) is 6.23. The number of hydrogen-bond donors (Lipinski definition) is 1. The second kappa shape index (κ2) is 11.2. The average molecular weight is 496 g/mol. The quantitative estimate of drug-likeness (QED) is 0.326. The molecule has 6 nitrogen and oxygen atoms in total. The van der Waals surface area contributed by atoms with Crippen molar-refractivity contribution in [2.45, 2.75) is 74.6 Å². The number of thiazole rings is 1. The van der Waals surface area contributed by atoms with Crippen LogP contribution in [0.15, 0.2) is 40.0 Å². The van der Waals surface area contributed by atoms with Gasteiger partial charge >= 0.3 is 0 Å². The van der Waals surface area contributed by atoms with Crippen LogP contribution in [0, 0.1) is 12.8 Å². The van der Waals surface area contributed by atoms with Crippen molar-refractivity contribution in [3.63, 3.8) is 0 Å². The number of aryl methyl sites for hydroxylation is 1. The molecule has 0 amide bonds. The average Bonchev–Trinajstić information content (AvgIpc) is 3.57. The third-order valence-electron chi connectivity index (χ3n) is 6.05. The number of carbonyl (C=O) groups excluding carboxylic acids is 3. The molecule has 2 aromatic heterocycles. The number of imidazole rings is 1. The van der Waals surface area contributed by atoms with Gasteiger partial charge in [0.25, 0.3) is 0 Å². The van der Waals surface area contributed by atoms with Crippen LogP contribution in [-0.2, 0) is 17.6 Å². The summed E-state index contributed by atoms with van der Waals surface area (Å²) < 4.78 is 0.902. The van der Waals surface area contributed by atoms with Crippen LogP contribution >= 0.6 is 23.1 Å². The summed E-state index contributed by atoms with van der Waals surface area (Å²) in [6, 6.07) is 5.83. The lowest BCUT2D eigenvalue weighted by molar-refractivity contribution is -0.117. The molecule has 1 aliphatic rings. The zero-order valence-corrected chi connectivity index (χ0v) is 21.2. The Hall–Kier alpha value is -2.58. The largest absolute Gasteiger partial charge is 0.330 e. The number of benzene rings is 1. The van der Waals surface area contributed by atoms with Gasteiger partial charge in [-0.1, -0.05) is 37.5 Å². The number of carbonyl (C=O) groups is 3. The molecule has 1 saturated carbocycles. The molecule has 34 heavy (non-hydrogen) atoms. The third-order valence-corrected chi connectivity index (χ3v) is 8.05. The summed E-state index contributed by atoms with van der Waals surface area (Å²) in [7, 11) is 0. The number of aromatic amines is 1. The number of hydrogen-bond acceptors (Lipinski definition) is 7. The van der Waals surface area contributed by atoms with Crippen LogP contribution in [0.3, 0.4) is 0 Å². The maximum Gasteiger partial charge on any atom is 0.180 e. The van der Waals surface area contributed by atoms with Gasteiger partial charge in [-0.15, -0.1) is 11.3 Å². The Bertz CT molecular complexity index is 1190. The summed E-state index contributed by atoms with van der Waals surface area (Å²) in [5, 5.41) is 1.37. The van der Waals surface area contributed by atoms with Gasteiger partial charge in [0.15, 0.2) is 16.7 Å². The minimum atomic E-state index is 0.0423. The highest BCUT2D eigenvalue weighted by Gasteiger charge is 2.26. The van der Waals surface area contributed by atoms with E-state index in [1.54, 1.807) is 12.4 Å². The fourth-order valence-electron chi connectivity index (χ4n) is 4.30. The van der Waals surface area contributed by atoms with Crippen LogP contribution in [0.4, 0.5) is 0 Å². The van der Waals surface area contributed by atoms with E-state index in [1.807, 2.05) is 32.0 Å². The van der Waals surface area contributed by atoms with Gasteiger partial charge in [0.1, 0.15) is 16.5 Å². The van der Waals surface area contributed by atoms with Crippen molar-refractivity contribution in [3.05, 3.63) is 58.0 Å². The number of ketones is 3. The number of nitrogens with zero attached hydrogens (tertiary/aromatic N) is 2. The van der Waals surface area contributed by atoms with Crippen LogP contribution < -0.4 is 0 Å². The Morgan fingerprint density at radius 3 is 2.68 bits per heavy atom.